The second kappa shape index (κ2) is 5.93. The Morgan fingerprint density at radius 2 is 1.86 bits per heavy atom. The van der Waals surface area contributed by atoms with Crippen molar-refractivity contribution in [2.75, 3.05) is 10.7 Å². The third kappa shape index (κ3) is 3.58. The molecule has 2 aromatic rings. The molecule has 1 heterocycles. The molecule has 0 atom stereocenters. The van der Waals surface area contributed by atoms with Crippen LogP contribution in [0.3, 0.4) is 0 Å². The highest BCUT2D eigenvalue weighted by molar-refractivity contribution is 6.04. The fourth-order valence-corrected chi connectivity index (χ4v) is 2.05. The second-order valence-electron chi connectivity index (χ2n) is 5.83. The number of para-hydroxylation sites is 1. The lowest BCUT2D eigenvalue weighted by molar-refractivity contribution is 0.102. The number of nitrogens with zero attached hydrogens (tertiary/aromatic N) is 1. The van der Waals surface area contributed by atoms with Gasteiger partial charge in [0.1, 0.15) is 5.82 Å². The summed E-state index contributed by atoms with van der Waals surface area (Å²) in [5.41, 5.74) is 4.77. The van der Waals surface area contributed by atoms with E-state index in [-0.39, 0.29) is 11.3 Å². The van der Waals surface area contributed by atoms with Crippen LogP contribution in [0.15, 0.2) is 42.6 Å². The highest BCUT2D eigenvalue weighted by atomic mass is 16.1. The van der Waals surface area contributed by atoms with Crippen LogP contribution in [0.1, 0.15) is 36.7 Å². The number of benzene rings is 1. The largest absolute Gasteiger partial charge is 0.322 e. The summed E-state index contributed by atoms with van der Waals surface area (Å²) in [6, 6.07) is 11.1. The molecule has 4 N–H and O–H groups in total. The van der Waals surface area contributed by atoms with Crippen LogP contribution < -0.4 is 16.6 Å². The first-order valence-electron chi connectivity index (χ1n) is 6.75. The van der Waals surface area contributed by atoms with Gasteiger partial charge in [0.15, 0.2) is 0 Å². The minimum Gasteiger partial charge on any atom is -0.322 e. The van der Waals surface area contributed by atoms with Crippen molar-refractivity contribution in [1.82, 2.24) is 4.98 Å². The molecule has 0 fully saturated rings. The Morgan fingerprint density at radius 1 is 1.14 bits per heavy atom. The average molecular weight is 284 g/mol. The number of nitrogens with two attached hydrogens (primary N) is 1. The number of amides is 1. The smallest absolute Gasteiger partial charge is 0.257 e. The number of hydrogen-bond donors (Lipinski definition) is 3. The highest BCUT2D eigenvalue weighted by Crippen LogP contribution is 2.29. The Hall–Kier alpha value is -2.40. The minimum absolute atomic E-state index is 0.0462. The van der Waals surface area contributed by atoms with Crippen molar-refractivity contribution in [2.24, 2.45) is 5.84 Å². The van der Waals surface area contributed by atoms with Gasteiger partial charge >= 0.3 is 0 Å². The molecule has 0 radical (unpaired) electrons. The van der Waals surface area contributed by atoms with Crippen molar-refractivity contribution in [3.8, 4) is 0 Å². The molecule has 1 amide bonds. The van der Waals surface area contributed by atoms with E-state index in [9.17, 15) is 4.79 Å². The summed E-state index contributed by atoms with van der Waals surface area (Å²) in [6.07, 6.45) is 1.49. The van der Waals surface area contributed by atoms with Crippen LogP contribution in [0.2, 0.25) is 0 Å². The molecule has 21 heavy (non-hydrogen) atoms. The van der Waals surface area contributed by atoms with Gasteiger partial charge < -0.3 is 10.7 Å². The number of aromatic nitrogens is 1. The van der Waals surface area contributed by atoms with Gasteiger partial charge in [0.05, 0.1) is 5.56 Å². The monoisotopic (exact) mass is 284 g/mol. The van der Waals surface area contributed by atoms with Crippen molar-refractivity contribution in [3.05, 3.63) is 53.7 Å². The quantitative estimate of drug-likeness (QED) is 0.598. The lowest BCUT2D eigenvalue weighted by Crippen LogP contribution is -2.19. The maximum atomic E-state index is 12.3. The lowest BCUT2D eigenvalue weighted by atomic mass is 9.86. The fraction of sp³-hybridized carbons (Fsp3) is 0.250. The normalized spacial score (nSPS) is 11.0. The van der Waals surface area contributed by atoms with Gasteiger partial charge in [-0.15, -0.1) is 0 Å². The first-order chi connectivity index (χ1) is 9.91. The van der Waals surface area contributed by atoms with E-state index in [0.717, 1.165) is 11.3 Å². The number of hydrazine groups is 1. The number of pyridine rings is 1. The number of nitrogen functional groups attached to an aromatic ring is 1. The van der Waals surface area contributed by atoms with Gasteiger partial charge in [-0.2, -0.15) is 0 Å². The third-order valence-electron chi connectivity index (χ3n) is 3.16. The molecule has 0 saturated heterocycles. The van der Waals surface area contributed by atoms with Crippen LogP contribution >= 0.6 is 0 Å². The predicted octanol–water partition coefficient (Wildman–Crippen LogP) is 2.92. The summed E-state index contributed by atoms with van der Waals surface area (Å²) in [5, 5.41) is 2.94. The SMILES string of the molecule is CC(C)(C)c1ccccc1NC(=O)c1ccc(NN)nc1. The molecule has 1 aromatic carbocycles. The third-order valence-corrected chi connectivity index (χ3v) is 3.16. The van der Waals surface area contributed by atoms with Gasteiger partial charge in [-0.1, -0.05) is 39.0 Å². The molecule has 1 aromatic heterocycles. The summed E-state index contributed by atoms with van der Waals surface area (Å²) in [7, 11) is 0. The zero-order valence-electron chi connectivity index (χ0n) is 12.5. The summed E-state index contributed by atoms with van der Waals surface area (Å²) >= 11 is 0. The number of carbonyl (C=O) groups is 1. The van der Waals surface area contributed by atoms with Gasteiger partial charge in [-0.25, -0.2) is 10.8 Å². The van der Waals surface area contributed by atoms with Crippen LogP contribution in [0.5, 0.6) is 0 Å². The lowest BCUT2D eigenvalue weighted by Gasteiger charge is -2.23. The van der Waals surface area contributed by atoms with Crippen LogP contribution in [-0.2, 0) is 5.41 Å². The minimum atomic E-state index is -0.192. The molecule has 0 saturated carbocycles. The number of nitrogens with one attached hydrogen (secondary N) is 2. The van der Waals surface area contributed by atoms with E-state index in [1.807, 2.05) is 24.3 Å². The van der Waals surface area contributed by atoms with Crippen LogP contribution in [-0.4, -0.2) is 10.9 Å². The van der Waals surface area contributed by atoms with Crippen LogP contribution in [0.4, 0.5) is 11.5 Å². The molecule has 0 aliphatic carbocycles. The zero-order chi connectivity index (χ0) is 15.5. The predicted molar refractivity (Wildman–Crippen MR) is 85.1 cm³/mol. The standard InChI is InChI=1S/C16H20N4O/c1-16(2,3)12-6-4-5-7-13(12)19-15(21)11-8-9-14(20-17)18-10-11/h4-10H,17H2,1-3H3,(H,18,20)(H,19,21). The van der Waals surface area contributed by atoms with Gasteiger partial charge in [-0.3, -0.25) is 4.79 Å². The molecule has 0 bridgehead atoms. The van der Waals surface area contributed by atoms with E-state index in [0.29, 0.717) is 11.4 Å². The van der Waals surface area contributed by atoms with Crippen LogP contribution in [0, 0.1) is 0 Å². The van der Waals surface area contributed by atoms with E-state index in [2.05, 4.69) is 36.5 Å². The van der Waals surface area contributed by atoms with Crippen LogP contribution in [0.25, 0.3) is 0 Å². The Morgan fingerprint density at radius 3 is 2.43 bits per heavy atom. The van der Waals surface area contributed by atoms with Crippen molar-refractivity contribution in [1.29, 1.82) is 0 Å². The van der Waals surface area contributed by atoms with E-state index in [4.69, 9.17) is 5.84 Å². The molecular formula is C16H20N4O. The number of rotatable bonds is 3. The number of hydrogen-bond acceptors (Lipinski definition) is 4. The maximum absolute atomic E-state index is 12.3. The molecule has 0 aliphatic heterocycles. The summed E-state index contributed by atoms with van der Waals surface area (Å²) in [4.78, 5) is 16.3. The Labute approximate surface area is 124 Å². The van der Waals surface area contributed by atoms with Crippen molar-refractivity contribution >= 4 is 17.4 Å². The number of carbonyl (C=O) groups excluding carboxylic acids is 1. The molecule has 110 valence electrons. The summed E-state index contributed by atoms with van der Waals surface area (Å²) in [6.45, 7) is 6.34. The molecular weight excluding hydrogens is 264 g/mol. The zero-order valence-corrected chi connectivity index (χ0v) is 12.5. The van der Waals surface area contributed by atoms with E-state index in [1.165, 1.54) is 6.20 Å². The van der Waals surface area contributed by atoms with Gasteiger partial charge in [0.2, 0.25) is 0 Å². The van der Waals surface area contributed by atoms with Crippen molar-refractivity contribution in [2.45, 2.75) is 26.2 Å². The maximum Gasteiger partial charge on any atom is 0.257 e. The Kier molecular flexibility index (Phi) is 4.23. The molecule has 2 rings (SSSR count). The topological polar surface area (TPSA) is 80.0 Å². The van der Waals surface area contributed by atoms with E-state index in [1.54, 1.807) is 12.1 Å². The molecule has 0 unspecified atom stereocenters. The van der Waals surface area contributed by atoms with Crippen molar-refractivity contribution < 1.29 is 4.79 Å². The summed E-state index contributed by atoms with van der Waals surface area (Å²) in [5.74, 6) is 5.58. The van der Waals surface area contributed by atoms with E-state index >= 15 is 0 Å². The Bertz CT molecular complexity index is 629. The van der Waals surface area contributed by atoms with Crippen molar-refractivity contribution in [3.63, 3.8) is 0 Å². The average Bonchev–Trinajstić information content (AvgIpc) is 2.47. The molecule has 5 nitrogen and oxygen atoms in total. The molecule has 0 spiro atoms. The first-order valence-corrected chi connectivity index (χ1v) is 6.75. The molecule has 0 aliphatic rings. The first kappa shape index (κ1) is 15.0. The van der Waals surface area contributed by atoms with E-state index < -0.39 is 0 Å². The Balaban J connectivity index is 2.23. The highest BCUT2D eigenvalue weighted by Gasteiger charge is 2.18. The fourth-order valence-electron chi connectivity index (χ4n) is 2.05. The van der Waals surface area contributed by atoms with Gasteiger partial charge in [0.25, 0.3) is 5.91 Å². The molecule has 5 heteroatoms. The summed E-state index contributed by atoms with van der Waals surface area (Å²) < 4.78 is 0. The second-order valence-corrected chi connectivity index (χ2v) is 5.83. The van der Waals surface area contributed by atoms with Gasteiger partial charge in [0, 0.05) is 11.9 Å². The number of anilines is 2. The van der Waals surface area contributed by atoms with Gasteiger partial charge in [-0.05, 0) is 29.2 Å².